The number of piperidine rings is 1. The Kier molecular flexibility index (Phi) is 2.55. The molecule has 2 rings (SSSR count). The van der Waals surface area contributed by atoms with Crippen molar-refractivity contribution >= 4 is 12.4 Å². The highest BCUT2D eigenvalue weighted by atomic mass is 35.5. The molecule has 2 aliphatic heterocycles. The average Bonchev–Trinajstić information content (AvgIpc) is 2.11. The second-order valence-corrected chi connectivity index (χ2v) is 3.26. The first-order valence-electron chi connectivity index (χ1n) is 3.79. The molecule has 0 aromatic carbocycles. The molecule has 10 heavy (non-hydrogen) atoms. The number of rotatable bonds is 0. The minimum atomic E-state index is -0.0104. The van der Waals surface area contributed by atoms with Crippen LogP contribution in [-0.2, 0) is 0 Å². The molecule has 0 spiro atoms. The highest BCUT2D eigenvalue weighted by Gasteiger charge is 2.31. The van der Waals surface area contributed by atoms with Crippen LogP contribution in [0.3, 0.4) is 0 Å². The summed E-state index contributed by atoms with van der Waals surface area (Å²) >= 11 is 0. The number of hydrogen-bond donors (Lipinski definition) is 2. The molecular weight excluding hydrogens is 150 g/mol. The van der Waals surface area contributed by atoms with E-state index >= 15 is 0 Å². The van der Waals surface area contributed by atoms with E-state index in [1.54, 1.807) is 0 Å². The number of hydrogen-bond acceptors (Lipinski definition) is 2. The molecule has 2 saturated heterocycles. The van der Waals surface area contributed by atoms with E-state index < -0.39 is 0 Å². The van der Waals surface area contributed by atoms with Crippen LogP contribution in [0.4, 0.5) is 0 Å². The van der Waals surface area contributed by atoms with Crippen molar-refractivity contribution in [1.82, 2.24) is 5.32 Å². The van der Waals surface area contributed by atoms with Gasteiger partial charge in [0.1, 0.15) is 0 Å². The fraction of sp³-hybridized carbons (Fsp3) is 1.00. The predicted molar refractivity (Wildman–Crippen MR) is 42.4 cm³/mol. The Morgan fingerprint density at radius 3 is 2.10 bits per heavy atom. The summed E-state index contributed by atoms with van der Waals surface area (Å²) in [5.74, 6) is 0. The van der Waals surface area contributed by atoms with E-state index in [1.807, 2.05) is 0 Å². The molecule has 0 saturated carbocycles. The van der Waals surface area contributed by atoms with Gasteiger partial charge >= 0.3 is 0 Å². The highest BCUT2D eigenvalue weighted by molar-refractivity contribution is 5.85. The second kappa shape index (κ2) is 3.07. The molecule has 2 fully saturated rings. The van der Waals surface area contributed by atoms with Gasteiger partial charge in [-0.15, -0.1) is 12.4 Å². The van der Waals surface area contributed by atoms with Crippen LogP contribution < -0.4 is 5.32 Å². The predicted octanol–water partition coefficient (Wildman–Crippen LogP) is 0.683. The molecular formula is C7H14ClNO. The summed E-state index contributed by atoms with van der Waals surface area (Å²) in [7, 11) is 0. The molecule has 2 heterocycles. The van der Waals surface area contributed by atoms with Crippen molar-refractivity contribution in [3.05, 3.63) is 0 Å². The van der Waals surface area contributed by atoms with Gasteiger partial charge in [-0.25, -0.2) is 0 Å². The summed E-state index contributed by atoms with van der Waals surface area (Å²) in [6.07, 6.45) is 4.51. The molecule has 2 atom stereocenters. The van der Waals surface area contributed by atoms with E-state index in [2.05, 4.69) is 5.32 Å². The Bertz CT molecular complexity index is 108. The van der Waals surface area contributed by atoms with Crippen molar-refractivity contribution < 1.29 is 5.11 Å². The zero-order chi connectivity index (χ0) is 6.27. The Balaban J connectivity index is 0.000000500. The third-order valence-electron chi connectivity index (χ3n) is 2.45. The van der Waals surface area contributed by atoms with E-state index in [1.165, 1.54) is 12.8 Å². The normalized spacial score (nSPS) is 44.7. The lowest BCUT2D eigenvalue weighted by Gasteiger charge is -2.24. The smallest absolute Gasteiger partial charge is 0.0569 e. The van der Waals surface area contributed by atoms with Crippen LogP contribution in [-0.4, -0.2) is 23.3 Å². The maximum Gasteiger partial charge on any atom is 0.0569 e. The highest BCUT2D eigenvalue weighted by Crippen LogP contribution is 2.26. The average molecular weight is 164 g/mol. The molecule has 0 aliphatic carbocycles. The first kappa shape index (κ1) is 8.31. The van der Waals surface area contributed by atoms with Gasteiger partial charge in [0.05, 0.1) is 6.10 Å². The summed E-state index contributed by atoms with van der Waals surface area (Å²) in [5.41, 5.74) is 0. The van der Waals surface area contributed by atoms with E-state index in [-0.39, 0.29) is 18.5 Å². The lowest BCUT2D eigenvalue weighted by molar-refractivity contribution is 0.114. The van der Waals surface area contributed by atoms with Crippen LogP contribution in [0.1, 0.15) is 25.7 Å². The standard InChI is InChI=1S/C7H13NO.ClH/c9-7-3-5-1-2-6(4-7)8-5;/h5-9H,1-4H2;1H/t5-,6-;/m0./s1. The molecule has 0 unspecified atom stereocenters. The van der Waals surface area contributed by atoms with Gasteiger partial charge in [0, 0.05) is 12.1 Å². The van der Waals surface area contributed by atoms with Crippen molar-refractivity contribution in [3.8, 4) is 0 Å². The van der Waals surface area contributed by atoms with E-state index in [9.17, 15) is 5.11 Å². The fourth-order valence-electron chi connectivity index (χ4n) is 2.03. The number of fused-ring (bicyclic) bond motifs is 2. The van der Waals surface area contributed by atoms with Gasteiger partial charge < -0.3 is 10.4 Å². The number of nitrogens with one attached hydrogen (secondary N) is 1. The third-order valence-corrected chi connectivity index (χ3v) is 2.45. The molecule has 3 heteroatoms. The second-order valence-electron chi connectivity index (χ2n) is 3.26. The van der Waals surface area contributed by atoms with Gasteiger partial charge in [-0.3, -0.25) is 0 Å². The van der Waals surface area contributed by atoms with Gasteiger partial charge in [0.2, 0.25) is 0 Å². The Morgan fingerprint density at radius 1 is 1.10 bits per heavy atom. The van der Waals surface area contributed by atoms with Gasteiger partial charge in [0.25, 0.3) is 0 Å². The molecule has 60 valence electrons. The topological polar surface area (TPSA) is 32.3 Å². The summed E-state index contributed by atoms with van der Waals surface area (Å²) in [6, 6.07) is 1.28. The lowest BCUT2D eigenvalue weighted by Crippen LogP contribution is -2.40. The number of halogens is 1. The maximum absolute atomic E-state index is 9.25. The van der Waals surface area contributed by atoms with Crippen LogP contribution in [0.25, 0.3) is 0 Å². The van der Waals surface area contributed by atoms with Crippen LogP contribution in [0, 0.1) is 0 Å². The lowest BCUT2D eigenvalue weighted by atomic mass is 10.0. The first-order valence-corrected chi connectivity index (χ1v) is 3.79. The van der Waals surface area contributed by atoms with E-state index in [0.29, 0.717) is 12.1 Å². The summed E-state index contributed by atoms with van der Waals surface area (Å²) < 4.78 is 0. The zero-order valence-electron chi connectivity index (χ0n) is 5.92. The Hall–Kier alpha value is 0.210. The minimum absolute atomic E-state index is 0. The van der Waals surface area contributed by atoms with E-state index in [0.717, 1.165) is 12.8 Å². The van der Waals surface area contributed by atoms with Crippen LogP contribution >= 0.6 is 12.4 Å². The van der Waals surface area contributed by atoms with E-state index in [4.69, 9.17) is 0 Å². The summed E-state index contributed by atoms with van der Waals surface area (Å²) in [5, 5.41) is 12.7. The first-order chi connectivity index (χ1) is 4.34. The quantitative estimate of drug-likeness (QED) is 0.551. The van der Waals surface area contributed by atoms with Crippen molar-refractivity contribution in [2.24, 2.45) is 0 Å². The number of aliphatic hydroxyl groups is 1. The van der Waals surface area contributed by atoms with Gasteiger partial charge in [-0.05, 0) is 25.7 Å². The van der Waals surface area contributed by atoms with Crippen molar-refractivity contribution in [2.75, 3.05) is 0 Å². The SMILES string of the molecule is Cl.OC1C[C@@H]2CC[C@@H](C1)N2. The number of aliphatic hydroxyl groups excluding tert-OH is 1. The zero-order valence-corrected chi connectivity index (χ0v) is 6.73. The van der Waals surface area contributed by atoms with Crippen molar-refractivity contribution in [2.45, 2.75) is 43.9 Å². The fourth-order valence-corrected chi connectivity index (χ4v) is 2.03. The molecule has 0 amide bonds. The van der Waals surface area contributed by atoms with Gasteiger partial charge in [0.15, 0.2) is 0 Å². The molecule has 2 bridgehead atoms. The van der Waals surface area contributed by atoms with Crippen molar-refractivity contribution in [3.63, 3.8) is 0 Å². The van der Waals surface area contributed by atoms with Gasteiger partial charge in [-0.2, -0.15) is 0 Å². The Labute approximate surface area is 67.4 Å². The molecule has 0 aromatic heterocycles. The Morgan fingerprint density at radius 2 is 1.60 bits per heavy atom. The monoisotopic (exact) mass is 163 g/mol. The summed E-state index contributed by atoms with van der Waals surface area (Å²) in [4.78, 5) is 0. The van der Waals surface area contributed by atoms with Crippen LogP contribution in [0.5, 0.6) is 0 Å². The molecule has 2 aliphatic rings. The van der Waals surface area contributed by atoms with Crippen LogP contribution in [0.15, 0.2) is 0 Å². The van der Waals surface area contributed by atoms with Crippen LogP contribution in [0.2, 0.25) is 0 Å². The molecule has 2 nitrogen and oxygen atoms in total. The van der Waals surface area contributed by atoms with Crippen molar-refractivity contribution in [1.29, 1.82) is 0 Å². The maximum atomic E-state index is 9.25. The van der Waals surface area contributed by atoms with Gasteiger partial charge in [-0.1, -0.05) is 0 Å². The summed E-state index contributed by atoms with van der Waals surface area (Å²) in [6.45, 7) is 0. The minimum Gasteiger partial charge on any atom is -0.393 e. The third kappa shape index (κ3) is 1.44. The largest absolute Gasteiger partial charge is 0.393 e. The molecule has 0 radical (unpaired) electrons. The molecule has 2 N–H and O–H groups in total. The molecule has 0 aromatic rings.